The van der Waals surface area contributed by atoms with Gasteiger partial charge in [0.1, 0.15) is 5.52 Å². The molecule has 0 bridgehead atoms. The average molecular weight is 352 g/mol. The molecule has 1 fully saturated rings. The zero-order valence-electron chi connectivity index (χ0n) is 14.5. The van der Waals surface area contributed by atoms with Crippen LogP contribution in [0.2, 0.25) is 0 Å². The summed E-state index contributed by atoms with van der Waals surface area (Å²) < 4.78 is 9.48. The van der Waals surface area contributed by atoms with Crippen LogP contribution in [0.25, 0.3) is 16.8 Å². The molecule has 1 amide bonds. The molecule has 8 nitrogen and oxygen atoms in total. The maximum absolute atomic E-state index is 11.3. The Morgan fingerprint density at radius 2 is 2.23 bits per heavy atom. The second-order valence-electron chi connectivity index (χ2n) is 6.64. The molecule has 0 spiro atoms. The molecule has 26 heavy (non-hydrogen) atoms. The van der Waals surface area contributed by atoms with Crippen LogP contribution in [0.5, 0.6) is 5.88 Å². The van der Waals surface area contributed by atoms with E-state index in [2.05, 4.69) is 21.8 Å². The van der Waals surface area contributed by atoms with E-state index in [0.717, 1.165) is 29.6 Å². The van der Waals surface area contributed by atoms with E-state index in [0.29, 0.717) is 18.1 Å². The van der Waals surface area contributed by atoms with E-state index < -0.39 is 5.91 Å². The molecule has 0 radical (unpaired) electrons. The third-order valence-electron chi connectivity index (χ3n) is 4.97. The highest BCUT2D eigenvalue weighted by molar-refractivity contribution is 5.92. The van der Waals surface area contributed by atoms with Crippen molar-refractivity contribution in [2.45, 2.75) is 12.8 Å². The number of aryl methyl sites for hydroxylation is 1. The van der Waals surface area contributed by atoms with Crippen molar-refractivity contribution in [1.82, 2.24) is 24.4 Å². The number of primary amides is 1. The van der Waals surface area contributed by atoms with Crippen molar-refractivity contribution in [3.05, 3.63) is 43.0 Å². The van der Waals surface area contributed by atoms with Gasteiger partial charge in [-0.1, -0.05) is 6.58 Å². The molecule has 0 saturated heterocycles. The van der Waals surface area contributed by atoms with E-state index in [1.54, 1.807) is 21.6 Å². The Morgan fingerprint density at radius 1 is 1.38 bits per heavy atom. The Bertz CT molecular complexity index is 989. The summed E-state index contributed by atoms with van der Waals surface area (Å²) in [6.07, 6.45) is 9.09. The summed E-state index contributed by atoms with van der Waals surface area (Å²) in [4.78, 5) is 16.0. The molecule has 3 heterocycles. The van der Waals surface area contributed by atoms with Crippen molar-refractivity contribution in [1.29, 1.82) is 0 Å². The van der Waals surface area contributed by atoms with Crippen LogP contribution >= 0.6 is 0 Å². The fourth-order valence-electron chi connectivity index (χ4n) is 3.29. The minimum atomic E-state index is -0.436. The Kier molecular flexibility index (Phi) is 3.95. The molecule has 3 aromatic heterocycles. The number of amides is 1. The van der Waals surface area contributed by atoms with Crippen LogP contribution in [0.15, 0.2) is 43.0 Å². The van der Waals surface area contributed by atoms with Gasteiger partial charge in [-0.25, -0.2) is 9.50 Å². The fourth-order valence-corrected chi connectivity index (χ4v) is 3.29. The van der Waals surface area contributed by atoms with Gasteiger partial charge in [-0.3, -0.25) is 9.48 Å². The van der Waals surface area contributed by atoms with Gasteiger partial charge in [0, 0.05) is 30.3 Å². The smallest absolute Gasteiger partial charge is 0.244 e. The maximum atomic E-state index is 11.3. The van der Waals surface area contributed by atoms with Crippen LogP contribution in [-0.2, 0) is 11.8 Å². The van der Waals surface area contributed by atoms with Crippen molar-refractivity contribution in [3.63, 3.8) is 0 Å². The standard InChI is InChI=1S/C18H20N6O2/c1-11(17(19)25)14-4-3-12(14)10-26-18-16-5-6-20-24(16)9-15(22-18)13-7-21-23(2)8-13/h5-9,12,14H,1,3-4,10H2,2H3,(H2,19,25). The van der Waals surface area contributed by atoms with Crippen LogP contribution in [-0.4, -0.2) is 36.9 Å². The number of fused-ring (bicyclic) bond motifs is 1. The van der Waals surface area contributed by atoms with Crippen molar-refractivity contribution in [2.75, 3.05) is 6.61 Å². The molecule has 1 aliphatic carbocycles. The Hall–Kier alpha value is -3.16. The van der Waals surface area contributed by atoms with Gasteiger partial charge in [0.2, 0.25) is 11.8 Å². The highest BCUT2D eigenvalue weighted by Gasteiger charge is 2.35. The van der Waals surface area contributed by atoms with Crippen LogP contribution in [0.3, 0.4) is 0 Å². The van der Waals surface area contributed by atoms with Crippen LogP contribution in [0.4, 0.5) is 0 Å². The van der Waals surface area contributed by atoms with Gasteiger partial charge in [0.25, 0.3) is 0 Å². The first-order chi connectivity index (χ1) is 12.5. The summed E-state index contributed by atoms with van der Waals surface area (Å²) in [7, 11) is 1.86. The van der Waals surface area contributed by atoms with E-state index in [-0.39, 0.29) is 11.8 Å². The monoisotopic (exact) mass is 352 g/mol. The lowest BCUT2D eigenvalue weighted by Gasteiger charge is -2.36. The zero-order chi connectivity index (χ0) is 18.3. The van der Waals surface area contributed by atoms with Crippen molar-refractivity contribution < 1.29 is 9.53 Å². The number of rotatable bonds is 6. The molecular formula is C18H20N6O2. The molecule has 134 valence electrons. The molecule has 4 rings (SSSR count). The van der Waals surface area contributed by atoms with E-state index in [1.807, 2.05) is 25.5 Å². The van der Waals surface area contributed by atoms with Crippen molar-refractivity contribution >= 4 is 11.4 Å². The molecule has 0 aliphatic heterocycles. The third-order valence-corrected chi connectivity index (χ3v) is 4.97. The lowest BCUT2D eigenvalue weighted by molar-refractivity contribution is -0.115. The Morgan fingerprint density at radius 3 is 2.88 bits per heavy atom. The molecule has 0 aromatic carbocycles. The van der Waals surface area contributed by atoms with Gasteiger partial charge < -0.3 is 10.5 Å². The number of hydrogen-bond donors (Lipinski definition) is 1. The number of nitrogens with two attached hydrogens (primary N) is 1. The number of ether oxygens (including phenoxy) is 1. The molecule has 8 heteroatoms. The summed E-state index contributed by atoms with van der Waals surface area (Å²) in [5.41, 5.74) is 8.25. The van der Waals surface area contributed by atoms with Gasteiger partial charge >= 0.3 is 0 Å². The second-order valence-corrected chi connectivity index (χ2v) is 6.64. The fraction of sp³-hybridized carbons (Fsp3) is 0.333. The highest BCUT2D eigenvalue weighted by Crippen LogP contribution is 2.39. The summed E-state index contributed by atoms with van der Waals surface area (Å²) >= 11 is 0. The number of carbonyl (C=O) groups is 1. The SMILES string of the molecule is C=C(C(N)=O)C1CCC1COc1nc(-c2cnn(C)c2)cn2nccc12. The van der Waals surface area contributed by atoms with Gasteiger partial charge in [0.05, 0.1) is 30.9 Å². The van der Waals surface area contributed by atoms with E-state index in [9.17, 15) is 4.79 Å². The summed E-state index contributed by atoms with van der Waals surface area (Å²) in [6, 6.07) is 1.86. The molecule has 2 unspecified atom stereocenters. The van der Waals surface area contributed by atoms with Crippen LogP contribution in [0, 0.1) is 11.8 Å². The predicted molar refractivity (Wildman–Crippen MR) is 95.2 cm³/mol. The summed E-state index contributed by atoms with van der Waals surface area (Å²) in [5.74, 6) is 0.394. The number of hydrogen-bond acceptors (Lipinski definition) is 5. The summed E-state index contributed by atoms with van der Waals surface area (Å²) in [5, 5.41) is 8.48. The first-order valence-corrected chi connectivity index (χ1v) is 8.47. The minimum Gasteiger partial charge on any atom is -0.476 e. The Labute approximate surface area is 150 Å². The molecular weight excluding hydrogens is 332 g/mol. The van der Waals surface area contributed by atoms with Crippen molar-refractivity contribution in [2.24, 2.45) is 24.6 Å². The normalized spacial score (nSPS) is 19.3. The van der Waals surface area contributed by atoms with E-state index in [4.69, 9.17) is 10.5 Å². The van der Waals surface area contributed by atoms with Gasteiger partial charge in [-0.05, 0) is 24.8 Å². The quantitative estimate of drug-likeness (QED) is 0.679. The average Bonchev–Trinajstić information content (AvgIpc) is 3.22. The molecule has 2 N–H and O–H groups in total. The lowest BCUT2D eigenvalue weighted by Crippen LogP contribution is -2.36. The lowest BCUT2D eigenvalue weighted by atomic mass is 9.70. The zero-order valence-corrected chi connectivity index (χ0v) is 14.5. The predicted octanol–water partition coefficient (Wildman–Crippen LogP) is 1.58. The maximum Gasteiger partial charge on any atom is 0.244 e. The molecule has 1 aliphatic rings. The van der Waals surface area contributed by atoms with E-state index >= 15 is 0 Å². The largest absolute Gasteiger partial charge is 0.476 e. The Balaban J connectivity index is 1.57. The van der Waals surface area contributed by atoms with Crippen molar-refractivity contribution in [3.8, 4) is 17.1 Å². The molecule has 3 aromatic rings. The number of nitrogens with zero attached hydrogens (tertiary/aromatic N) is 5. The van der Waals surface area contributed by atoms with E-state index in [1.165, 1.54) is 0 Å². The topological polar surface area (TPSA) is 100 Å². The van der Waals surface area contributed by atoms with Gasteiger partial charge in [0.15, 0.2) is 0 Å². The van der Waals surface area contributed by atoms with Crippen LogP contribution < -0.4 is 10.5 Å². The minimum absolute atomic E-state index is 0.0925. The molecule has 2 atom stereocenters. The highest BCUT2D eigenvalue weighted by atomic mass is 16.5. The van der Waals surface area contributed by atoms with Gasteiger partial charge in [-0.2, -0.15) is 10.2 Å². The molecule has 1 saturated carbocycles. The van der Waals surface area contributed by atoms with Gasteiger partial charge in [-0.15, -0.1) is 0 Å². The number of aromatic nitrogens is 5. The first-order valence-electron chi connectivity index (χ1n) is 8.47. The third kappa shape index (κ3) is 2.83. The second kappa shape index (κ2) is 6.29. The first kappa shape index (κ1) is 16.3. The summed E-state index contributed by atoms with van der Waals surface area (Å²) in [6.45, 7) is 4.27. The van der Waals surface area contributed by atoms with Crippen LogP contribution in [0.1, 0.15) is 12.8 Å². The number of carbonyl (C=O) groups excluding carboxylic acids is 1.